The maximum absolute atomic E-state index is 12.4. The molecule has 0 bridgehead atoms. The van der Waals surface area contributed by atoms with Gasteiger partial charge in [-0.05, 0) is 25.5 Å². The Labute approximate surface area is 161 Å². The third kappa shape index (κ3) is 3.98. The van der Waals surface area contributed by atoms with Crippen LogP contribution in [0.3, 0.4) is 0 Å². The second-order valence-corrected chi connectivity index (χ2v) is 6.17. The summed E-state index contributed by atoms with van der Waals surface area (Å²) >= 11 is 0. The molecular weight excluding hydrogens is 362 g/mol. The van der Waals surface area contributed by atoms with Gasteiger partial charge < -0.3 is 4.74 Å². The molecule has 0 fully saturated rings. The number of hydrogen-bond acceptors (Lipinski definition) is 6. The van der Waals surface area contributed by atoms with Crippen molar-refractivity contribution in [2.45, 2.75) is 20.0 Å². The van der Waals surface area contributed by atoms with Crippen molar-refractivity contribution in [3.63, 3.8) is 0 Å². The number of aromatic nitrogens is 3. The van der Waals surface area contributed by atoms with Crippen molar-refractivity contribution >= 4 is 17.6 Å². The molecule has 0 aliphatic heterocycles. The largest absolute Gasteiger partial charge is 0.441 e. The Morgan fingerprint density at radius 1 is 1.25 bits per heavy atom. The van der Waals surface area contributed by atoms with Crippen LogP contribution in [0.1, 0.15) is 24.3 Å². The number of nitro groups is 1. The van der Waals surface area contributed by atoms with Crippen molar-refractivity contribution < 1.29 is 14.5 Å². The number of rotatable bonds is 5. The van der Waals surface area contributed by atoms with E-state index in [4.69, 9.17) is 4.74 Å². The number of carbonyl (C=O) groups is 1. The van der Waals surface area contributed by atoms with Crippen LogP contribution in [0.2, 0.25) is 0 Å². The number of hydrogen-bond donors (Lipinski definition) is 1. The van der Waals surface area contributed by atoms with Crippen LogP contribution < -0.4 is 5.32 Å². The lowest BCUT2D eigenvalue weighted by Gasteiger charge is -2.15. The molecule has 3 aromatic rings. The summed E-state index contributed by atoms with van der Waals surface area (Å²) in [5.74, 6) is 0.381. The van der Waals surface area contributed by atoms with E-state index in [-0.39, 0.29) is 11.4 Å². The summed E-state index contributed by atoms with van der Waals surface area (Å²) in [4.78, 5) is 27.1. The quantitative estimate of drug-likeness (QED) is 0.528. The van der Waals surface area contributed by atoms with E-state index >= 15 is 0 Å². The predicted octanol–water partition coefficient (Wildman–Crippen LogP) is 4.01. The summed E-state index contributed by atoms with van der Waals surface area (Å²) in [7, 11) is 1.66. The van der Waals surface area contributed by atoms with Gasteiger partial charge in [-0.15, -0.1) is 0 Å². The van der Waals surface area contributed by atoms with Crippen LogP contribution in [-0.2, 0) is 11.8 Å². The monoisotopic (exact) mass is 381 g/mol. The molecule has 28 heavy (non-hydrogen) atoms. The average Bonchev–Trinajstić information content (AvgIpc) is 3.02. The fraction of sp³-hybridized carbons (Fsp3) is 0.211. The van der Waals surface area contributed by atoms with Gasteiger partial charge >= 0.3 is 6.09 Å². The SMILES string of the molecule is Cc1nc(-c2cnn(C)c2NC(=O)O[C@H](C)c2ccccc2)ccc1[N+](=O)[O-]. The van der Waals surface area contributed by atoms with Crippen LogP contribution in [0, 0.1) is 17.0 Å². The van der Waals surface area contributed by atoms with Crippen molar-refractivity contribution in [1.82, 2.24) is 14.8 Å². The molecule has 3 rings (SSSR count). The van der Waals surface area contributed by atoms with Gasteiger partial charge in [-0.25, -0.2) is 9.78 Å². The number of anilines is 1. The summed E-state index contributed by atoms with van der Waals surface area (Å²) in [5.41, 5.74) is 2.07. The van der Waals surface area contributed by atoms with Gasteiger partial charge in [0.2, 0.25) is 0 Å². The van der Waals surface area contributed by atoms with Crippen molar-refractivity contribution in [1.29, 1.82) is 0 Å². The third-order valence-electron chi connectivity index (χ3n) is 4.24. The first kappa shape index (κ1) is 19.0. The normalized spacial score (nSPS) is 11.7. The average molecular weight is 381 g/mol. The van der Waals surface area contributed by atoms with Gasteiger partial charge in [0, 0.05) is 13.1 Å². The van der Waals surface area contributed by atoms with Crippen LogP contribution in [0.25, 0.3) is 11.3 Å². The zero-order valence-corrected chi connectivity index (χ0v) is 15.6. The Morgan fingerprint density at radius 2 is 1.96 bits per heavy atom. The fourth-order valence-electron chi connectivity index (χ4n) is 2.75. The predicted molar refractivity (Wildman–Crippen MR) is 103 cm³/mol. The first-order valence-corrected chi connectivity index (χ1v) is 8.54. The van der Waals surface area contributed by atoms with Gasteiger partial charge in [0.05, 0.1) is 22.4 Å². The van der Waals surface area contributed by atoms with Gasteiger partial charge in [-0.2, -0.15) is 5.10 Å². The van der Waals surface area contributed by atoms with E-state index in [0.717, 1.165) is 5.56 Å². The molecule has 2 heterocycles. The molecule has 2 aromatic heterocycles. The molecule has 0 radical (unpaired) electrons. The number of pyridine rings is 1. The minimum atomic E-state index is -0.639. The van der Waals surface area contributed by atoms with Crippen molar-refractivity contribution in [3.8, 4) is 11.3 Å². The van der Waals surface area contributed by atoms with E-state index in [1.165, 1.54) is 23.0 Å². The number of carbonyl (C=O) groups excluding carboxylic acids is 1. The smallest absolute Gasteiger partial charge is 0.413 e. The zero-order valence-electron chi connectivity index (χ0n) is 15.6. The van der Waals surface area contributed by atoms with Gasteiger partial charge in [-0.3, -0.25) is 20.1 Å². The number of ether oxygens (including phenoxy) is 1. The van der Waals surface area contributed by atoms with Crippen molar-refractivity contribution in [3.05, 3.63) is 70.0 Å². The highest BCUT2D eigenvalue weighted by Crippen LogP contribution is 2.29. The molecule has 1 atom stereocenters. The fourth-order valence-corrected chi connectivity index (χ4v) is 2.75. The molecule has 0 saturated heterocycles. The number of nitrogens with one attached hydrogen (secondary N) is 1. The maximum atomic E-state index is 12.4. The maximum Gasteiger partial charge on any atom is 0.413 e. The molecule has 1 N–H and O–H groups in total. The highest BCUT2D eigenvalue weighted by Gasteiger charge is 2.19. The van der Waals surface area contributed by atoms with Crippen molar-refractivity contribution in [2.24, 2.45) is 7.05 Å². The Balaban J connectivity index is 1.80. The second-order valence-electron chi connectivity index (χ2n) is 6.17. The van der Waals surface area contributed by atoms with E-state index in [9.17, 15) is 14.9 Å². The Morgan fingerprint density at radius 3 is 2.61 bits per heavy atom. The molecule has 144 valence electrons. The van der Waals surface area contributed by atoms with Crippen LogP contribution in [0.15, 0.2) is 48.7 Å². The number of amides is 1. The van der Waals surface area contributed by atoms with E-state index in [2.05, 4.69) is 15.4 Å². The highest BCUT2D eigenvalue weighted by molar-refractivity contribution is 5.89. The molecule has 9 nitrogen and oxygen atoms in total. The number of aryl methyl sites for hydroxylation is 2. The van der Waals surface area contributed by atoms with Crippen LogP contribution in [0.5, 0.6) is 0 Å². The lowest BCUT2D eigenvalue weighted by molar-refractivity contribution is -0.385. The summed E-state index contributed by atoms with van der Waals surface area (Å²) in [6.07, 6.45) is 0.460. The number of benzene rings is 1. The molecule has 0 saturated carbocycles. The van der Waals surface area contributed by atoms with E-state index in [0.29, 0.717) is 17.1 Å². The Kier molecular flexibility index (Phi) is 5.35. The molecule has 0 unspecified atom stereocenters. The standard InChI is InChI=1S/C19H19N5O4/c1-12-17(24(26)27)10-9-16(21-12)15-11-20-23(3)18(15)22-19(25)28-13(2)14-7-5-4-6-8-14/h4-11,13H,1-3H3,(H,22,25)/t13-/m1/s1. The van der Waals surface area contributed by atoms with Crippen LogP contribution >= 0.6 is 0 Å². The van der Waals surface area contributed by atoms with Gasteiger partial charge in [0.15, 0.2) is 0 Å². The van der Waals surface area contributed by atoms with Crippen LogP contribution in [-0.4, -0.2) is 25.8 Å². The Hall–Kier alpha value is -3.75. The van der Waals surface area contributed by atoms with Crippen LogP contribution in [0.4, 0.5) is 16.3 Å². The topological polar surface area (TPSA) is 112 Å². The van der Waals surface area contributed by atoms with Gasteiger partial charge in [-0.1, -0.05) is 30.3 Å². The Bertz CT molecular complexity index is 1020. The van der Waals surface area contributed by atoms with Gasteiger partial charge in [0.1, 0.15) is 17.6 Å². The third-order valence-corrected chi connectivity index (χ3v) is 4.24. The lowest BCUT2D eigenvalue weighted by Crippen LogP contribution is -2.18. The lowest BCUT2D eigenvalue weighted by atomic mass is 10.1. The van der Waals surface area contributed by atoms with Crippen molar-refractivity contribution in [2.75, 3.05) is 5.32 Å². The van der Waals surface area contributed by atoms with Gasteiger partial charge in [0.25, 0.3) is 5.69 Å². The summed E-state index contributed by atoms with van der Waals surface area (Å²) in [6.45, 7) is 3.33. The van der Waals surface area contributed by atoms with E-state index in [1.54, 1.807) is 20.9 Å². The summed E-state index contributed by atoms with van der Waals surface area (Å²) in [6, 6.07) is 12.3. The van der Waals surface area contributed by atoms with E-state index in [1.807, 2.05) is 30.3 Å². The second kappa shape index (κ2) is 7.87. The molecule has 0 aliphatic carbocycles. The first-order valence-electron chi connectivity index (χ1n) is 8.54. The minimum absolute atomic E-state index is 0.0711. The molecule has 0 spiro atoms. The summed E-state index contributed by atoms with van der Waals surface area (Å²) < 4.78 is 6.90. The molecule has 1 aromatic carbocycles. The molecule has 9 heteroatoms. The first-order chi connectivity index (χ1) is 13.4. The molecule has 0 aliphatic rings. The minimum Gasteiger partial charge on any atom is -0.441 e. The van der Waals surface area contributed by atoms with E-state index < -0.39 is 17.1 Å². The molecular formula is C19H19N5O4. The number of nitrogens with zero attached hydrogens (tertiary/aromatic N) is 4. The summed E-state index contributed by atoms with van der Waals surface area (Å²) in [5, 5.41) is 17.8. The highest BCUT2D eigenvalue weighted by atomic mass is 16.6. The zero-order chi connectivity index (χ0) is 20.3. The molecule has 1 amide bonds.